The van der Waals surface area contributed by atoms with Crippen molar-refractivity contribution in [2.45, 2.75) is 17.7 Å². The van der Waals surface area contributed by atoms with E-state index in [4.69, 9.17) is 14.2 Å². The first-order valence-electron chi connectivity index (χ1n) is 10.3. The zero-order valence-electron chi connectivity index (χ0n) is 17.6. The predicted molar refractivity (Wildman–Crippen MR) is 111 cm³/mol. The van der Waals surface area contributed by atoms with Gasteiger partial charge < -0.3 is 19.5 Å². The molecule has 0 radical (unpaired) electrons. The van der Waals surface area contributed by atoms with Gasteiger partial charge in [-0.25, -0.2) is 8.42 Å². The van der Waals surface area contributed by atoms with Crippen LogP contribution in [-0.4, -0.2) is 90.2 Å². The van der Waals surface area contributed by atoms with Crippen LogP contribution in [0.1, 0.15) is 12.8 Å². The fourth-order valence-corrected chi connectivity index (χ4v) is 5.35. The van der Waals surface area contributed by atoms with Crippen LogP contribution in [0.15, 0.2) is 23.1 Å². The van der Waals surface area contributed by atoms with Gasteiger partial charge in [-0.2, -0.15) is 4.31 Å². The van der Waals surface area contributed by atoms with Crippen molar-refractivity contribution in [1.82, 2.24) is 14.5 Å². The van der Waals surface area contributed by atoms with E-state index in [-0.39, 0.29) is 23.3 Å². The van der Waals surface area contributed by atoms with Crippen LogP contribution in [0.2, 0.25) is 0 Å². The number of rotatable bonds is 8. The van der Waals surface area contributed by atoms with Crippen LogP contribution in [0.5, 0.6) is 11.5 Å². The third-order valence-electron chi connectivity index (χ3n) is 5.58. The van der Waals surface area contributed by atoms with Gasteiger partial charge >= 0.3 is 0 Å². The largest absolute Gasteiger partial charge is 0.493 e. The summed E-state index contributed by atoms with van der Waals surface area (Å²) in [7, 11) is -0.764. The first-order chi connectivity index (χ1) is 14.5. The topological polar surface area (TPSA) is 97.4 Å². The number of amides is 1. The monoisotopic (exact) mass is 441 g/mol. The number of carbonyl (C=O) groups excluding carboxylic acids is 1. The van der Waals surface area contributed by atoms with Gasteiger partial charge in [-0.05, 0) is 25.0 Å². The van der Waals surface area contributed by atoms with E-state index < -0.39 is 10.0 Å². The van der Waals surface area contributed by atoms with Gasteiger partial charge in [-0.1, -0.05) is 0 Å². The molecule has 0 saturated carbocycles. The van der Waals surface area contributed by atoms with E-state index >= 15 is 0 Å². The summed E-state index contributed by atoms with van der Waals surface area (Å²) < 4.78 is 43.4. The zero-order chi connectivity index (χ0) is 21.6. The van der Waals surface area contributed by atoms with Gasteiger partial charge in [0.15, 0.2) is 11.5 Å². The smallest absolute Gasteiger partial charge is 0.243 e. The number of nitrogens with one attached hydrogen (secondary N) is 1. The van der Waals surface area contributed by atoms with Crippen molar-refractivity contribution in [2.75, 3.05) is 66.7 Å². The van der Waals surface area contributed by atoms with Crippen LogP contribution in [-0.2, 0) is 19.6 Å². The van der Waals surface area contributed by atoms with Crippen molar-refractivity contribution in [1.29, 1.82) is 0 Å². The summed E-state index contributed by atoms with van der Waals surface area (Å²) in [5.74, 6) is 0.384. The molecule has 0 unspecified atom stereocenters. The molecule has 1 aromatic rings. The third kappa shape index (κ3) is 5.42. The highest BCUT2D eigenvalue weighted by Gasteiger charge is 2.33. The van der Waals surface area contributed by atoms with E-state index in [2.05, 4.69) is 10.2 Å². The van der Waals surface area contributed by atoms with E-state index in [1.54, 1.807) is 6.07 Å². The Hall–Kier alpha value is -1.88. The number of methoxy groups -OCH3 is 2. The van der Waals surface area contributed by atoms with E-state index in [9.17, 15) is 13.2 Å². The van der Waals surface area contributed by atoms with E-state index in [1.165, 1.54) is 30.7 Å². The van der Waals surface area contributed by atoms with Crippen molar-refractivity contribution in [3.8, 4) is 11.5 Å². The summed E-state index contributed by atoms with van der Waals surface area (Å²) in [6.07, 6.45) is 1.33. The molecule has 0 bridgehead atoms. The Labute approximate surface area is 178 Å². The van der Waals surface area contributed by atoms with Crippen molar-refractivity contribution in [3.63, 3.8) is 0 Å². The standard InChI is InChI=1S/C20H31N3O6S/c1-27-18-6-5-17(14-19(18)28-2)30(25,26)23-8-3-4-16(15-23)20(24)21-7-9-22-10-12-29-13-11-22/h5-6,14,16H,3-4,7-13,15H2,1-2H3,(H,21,24)/t16-/m1/s1. The van der Waals surface area contributed by atoms with Crippen LogP contribution in [0.3, 0.4) is 0 Å². The maximum Gasteiger partial charge on any atom is 0.243 e. The Morgan fingerprint density at radius 2 is 1.90 bits per heavy atom. The highest BCUT2D eigenvalue weighted by molar-refractivity contribution is 7.89. The molecule has 1 amide bonds. The molecule has 1 aromatic carbocycles. The Kier molecular flexibility index (Phi) is 7.93. The van der Waals surface area contributed by atoms with E-state index in [1.807, 2.05) is 0 Å². The van der Waals surface area contributed by atoms with Crippen molar-refractivity contribution >= 4 is 15.9 Å². The molecule has 2 heterocycles. The summed E-state index contributed by atoms with van der Waals surface area (Å²) in [4.78, 5) is 15.0. The molecule has 2 aliphatic heterocycles. The Morgan fingerprint density at radius 3 is 2.60 bits per heavy atom. The number of nitrogens with zero attached hydrogens (tertiary/aromatic N) is 2. The molecule has 10 heteroatoms. The zero-order valence-corrected chi connectivity index (χ0v) is 18.4. The predicted octanol–water partition coefficient (Wildman–Crippen LogP) is 0.553. The Morgan fingerprint density at radius 1 is 1.17 bits per heavy atom. The van der Waals surface area contributed by atoms with Gasteiger partial charge in [0.05, 0.1) is 38.2 Å². The second kappa shape index (κ2) is 10.4. The number of piperidine rings is 1. The van der Waals surface area contributed by atoms with Crippen molar-refractivity contribution in [3.05, 3.63) is 18.2 Å². The SMILES string of the molecule is COc1ccc(S(=O)(=O)N2CCC[C@@H](C(=O)NCCN3CCOCC3)C2)cc1OC. The molecule has 0 aromatic heterocycles. The lowest BCUT2D eigenvalue weighted by Crippen LogP contribution is -2.47. The molecule has 1 N–H and O–H groups in total. The number of morpholine rings is 1. The highest BCUT2D eigenvalue weighted by Crippen LogP contribution is 2.32. The molecule has 30 heavy (non-hydrogen) atoms. The molecule has 3 rings (SSSR count). The van der Waals surface area contributed by atoms with E-state index in [0.29, 0.717) is 37.4 Å². The number of carbonyl (C=O) groups is 1. The van der Waals surface area contributed by atoms with Gasteiger partial charge in [0.2, 0.25) is 15.9 Å². The number of sulfonamides is 1. The van der Waals surface area contributed by atoms with Gasteiger partial charge in [-0.3, -0.25) is 9.69 Å². The van der Waals surface area contributed by atoms with Gasteiger partial charge in [0, 0.05) is 45.3 Å². The summed E-state index contributed by atoms with van der Waals surface area (Å²) in [5.41, 5.74) is 0. The quantitative estimate of drug-likeness (QED) is 0.629. The Bertz CT molecular complexity index is 826. The van der Waals surface area contributed by atoms with Crippen LogP contribution >= 0.6 is 0 Å². The number of benzene rings is 1. The van der Waals surface area contributed by atoms with Gasteiger partial charge in [-0.15, -0.1) is 0 Å². The molecule has 0 spiro atoms. The molecule has 168 valence electrons. The lowest BCUT2D eigenvalue weighted by Gasteiger charge is -2.31. The van der Waals surface area contributed by atoms with Crippen LogP contribution < -0.4 is 14.8 Å². The summed E-state index contributed by atoms with van der Waals surface area (Å²) in [6, 6.07) is 4.54. The second-order valence-electron chi connectivity index (χ2n) is 7.46. The molecule has 2 fully saturated rings. The van der Waals surface area contributed by atoms with Crippen LogP contribution in [0, 0.1) is 5.92 Å². The van der Waals surface area contributed by atoms with Gasteiger partial charge in [0.25, 0.3) is 0 Å². The van der Waals surface area contributed by atoms with E-state index in [0.717, 1.165) is 32.8 Å². The molecule has 2 saturated heterocycles. The lowest BCUT2D eigenvalue weighted by molar-refractivity contribution is -0.126. The maximum atomic E-state index is 13.1. The average molecular weight is 442 g/mol. The fourth-order valence-electron chi connectivity index (χ4n) is 3.81. The van der Waals surface area contributed by atoms with Crippen molar-refractivity contribution in [2.24, 2.45) is 5.92 Å². The first kappa shape index (κ1) is 22.8. The fraction of sp³-hybridized carbons (Fsp3) is 0.650. The number of ether oxygens (including phenoxy) is 3. The van der Waals surface area contributed by atoms with Crippen molar-refractivity contribution < 1.29 is 27.4 Å². The normalized spacial score (nSPS) is 21.2. The minimum Gasteiger partial charge on any atom is -0.493 e. The maximum absolute atomic E-state index is 13.1. The molecule has 1 atom stereocenters. The third-order valence-corrected chi connectivity index (χ3v) is 7.44. The Balaban J connectivity index is 1.59. The lowest BCUT2D eigenvalue weighted by atomic mass is 9.99. The highest BCUT2D eigenvalue weighted by atomic mass is 32.2. The molecule has 2 aliphatic rings. The minimum atomic E-state index is -3.73. The van der Waals surface area contributed by atoms with Gasteiger partial charge in [0.1, 0.15) is 0 Å². The molecular weight excluding hydrogens is 410 g/mol. The summed E-state index contributed by atoms with van der Waals surface area (Å²) >= 11 is 0. The number of hydrogen-bond donors (Lipinski definition) is 1. The second-order valence-corrected chi connectivity index (χ2v) is 9.40. The summed E-state index contributed by atoms with van der Waals surface area (Å²) in [6.45, 7) is 5.09. The molecular formula is C20H31N3O6S. The first-order valence-corrected chi connectivity index (χ1v) is 11.7. The van der Waals surface area contributed by atoms with Crippen LogP contribution in [0.25, 0.3) is 0 Å². The molecule has 0 aliphatic carbocycles. The number of hydrogen-bond acceptors (Lipinski definition) is 7. The van der Waals surface area contributed by atoms with Crippen LogP contribution in [0.4, 0.5) is 0 Å². The molecule has 9 nitrogen and oxygen atoms in total. The average Bonchev–Trinajstić information content (AvgIpc) is 2.79. The minimum absolute atomic E-state index is 0.0875. The summed E-state index contributed by atoms with van der Waals surface area (Å²) in [5, 5.41) is 2.97.